The van der Waals surface area contributed by atoms with Gasteiger partial charge < -0.3 is 19.9 Å². The molecule has 0 aliphatic heterocycles. The fraction of sp³-hybridized carbons (Fsp3) is 0.429. The van der Waals surface area contributed by atoms with Crippen molar-refractivity contribution < 1.29 is 19.9 Å². The maximum absolute atomic E-state index is 10.1. The van der Waals surface area contributed by atoms with E-state index in [0.717, 1.165) is 5.06 Å². The van der Waals surface area contributed by atoms with E-state index < -0.39 is 18.9 Å². The number of ether oxygens (including phenoxy) is 1. The van der Waals surface area contributed by atoms with E-state index in [0.29, 0.717) is 0 Å². The van der Waals surface area contributed by atoms with Crippen LogP contribution in [0.1, 0.15) is 27.7 Å². The number of aliphatic hydroxyl groups is 1. The minimum Gasteiger partial charge on any atom is -0.475 e. The largest absolute Gasteiger partial charge is 0.475 e. The zero-order valence-corrected chi connectivity index (χ0v) is 13.1. The molecule has 0 aliphatic carbocycles. The van der Waals surface area contributed by atoms with Gasteiger partial charge in [-0.1, -0.05) is 29.5 Å². The molecule has 2 aromatic rings. The second kappa shape index (κ2) is 6.58. The van der Waals surface area contributed by atoms with Crippen LogP contribution in [0.2, 0.25) is 0 Å². The van der Waals surface area contributed by atoms with Crippen LogP contribution in [0.5, 0.6) is 5.06 Å². The van der Waals surface area contributed by atoms with Gasteiger partial charge in [-0.05, 0) is 45.2 Å². The van der Waals surface area contributed by atoms with Gasteiger partial charge in [-0.2, -0.15) is 0 Å². The number of thiophene rings is 1. The molecule has 0 amide bonds. The second-order valence-corrected chi connectivity index (χ2v) is 6.46. The SMILES string of the molecule is CC(C)(O)C(C)(C)Oc1cc2ccccc2s1.OBO. The van der Waals surface area contributed by atoms with E-state index in [1.54, 1.807) is 25.2 Å². The van der Waals surface area contributed by atoms with Crippen molar-refractivity contribution in [3.8, 4) is 5.06 Å². The minimum atomic E-state index is -0.886. The van der Waals surface area contributed by atoms with Crippen LogP contribution in [0, 0.1) is 0 Å². The Balaban J connectivity index is 0.000000612. The Morgan fingerprint density at radius 2 is 1.65 bits per heavy atom. The third-order valence-electron chi connectivity index (χ3n) is 3.23. The van der Waals surface area contributed by atoms with E-state index in [9.17, 15) is 5.11 Å². The van der Waals surface area contributed by atoms with Crippen LogP contribution in [-0.4, -0.2) is 34.0 Å². The first-order chi connectivity index (χ1) is 9.21. The van der Waals surface area contributed by atoms with Crippen molar-refractivity contribution in [3.05, 3.63) is 30.3 Å². The fourth-order valence-electron chi connectivity index (χ4n) is 1.38. The van der Waals surface area contributed by atoms with Gasteiger partial charge in [0, 0.05) is 4.70 Å². The quantitative estimate of drug-likeness (QED) is 0.758. The van der Waals surface area contributed by atoms with Crippen LogP contribution < -0.4 is 4.74 Å². The van der Waals surface area contributed by atoms with Crippen LogP contribution in [0.4, 0.5) is 0 Å². The molecule has 1 aromatic heterocycles. The first-order valence-electron chi connectivity index (χ1n) is 6.33. The third kappa shape index (κ3) is 4.21. The maximum Gasteiger partial charge on any atom is 0.432 e. The molecule has 0 bridgehead atoms. The van der Waals surface area contributed by atoms with Gasteiger partial charge in [0.2, 0.25) is 0 Å². The highest BCUT2D eigenvalue weighted by molar-refractivity contribution is 7.20. The highest BCUT2D eigenvalue weighted by Gasteiger charge is 2.37. The fourth-order valence-corrected chi connectivity index (χ4v) is 2.43. The zero-order valence-electron chi connectivity index (χ0n) is 12.3. The molecule has 0 fully saturated rings. The summed E-state index contributed by atoms with van der Waals surface area (Å²) in [5, 5.41) is 26.3. The lowest BCUT2D eigenvalue weighted by molar-refractivity contribution is -0.0889. The number of rotatable bonds is 3. The molecule has 1 aromatic carbocycles. The summed E-state index contributed by atoms with van der Waals surface area (Å²) in [6.07, 6.45) is 0. The average Bonchev–Trinajstić information content (AvgIpc) is 2.69. The van der Waals surface area contributed by atoms with Gasteiger partial charge in [0.15, 0.2) is 5.06 Å². The average molecular weight is 296 g/mol. The third-order valence-corrected chi connectivity index (χ3v) is 4.23. The molecule has 1 heterocycles. The molecule has 0 saturated heterocycles. The van der Waals surface area contributed by atoms with E-state index in [1.165, 1.54) is 10.1 Å². The van der Waals surface area contributed by atoms with Gasteiger partial charge in [0.25, 0.3) is 0 Å². The Morgan fingerprint density at radius 1 is 1.10 bits per heavy atom. The van der Waals surface area contributed by atoms with Crippen molar-refractivity contribution in [2.45, 2.75) is 38.9 Å². The van der Waals surface area contributed by atoms with E-state index in [1.807, 2.05) is 32.0 Å². The van der Waals surface area contributed by atoms with Gasteiger partial charge in [-0.25, -0.2) is 0 Å². The maximum atomic E-state index is 10.1. The predicted molar refractivity (Wildman–Crippen MR) is 84.4 cm³/mol. The Bertz CT molecular complexity index is 512. The highest BCUT2D eigenvalue weighted by atomic mass is 32.1. The Morgan fingerprint density at radius 3 is 2.15 bits per heavy atom. The van der Waals surface area contributed by atoms with Gasteiger partial charge in [0.05, 0.1) is 5.60 Å². The molecular formula is C14H21BO4S. The molecule has 0 aliphatic rings. The lowest BCUT2D eigenvalue weighted by atomic mass is 9.89. The molecule has 0 unspecified atom stereocenters. The summed E-state index contributed by atoms with van der Waals surface area (Å²) in [5.41, 5.74) is -1.50. The van der Waals surface area contributed by atoms with Crippen molar-refractivity contribution in [3.63, 3.8) is 0 Å². The first-order valence-corrected chi connectivity index (χ1v) is 7.14. The summed E-state index contributed by atoms with van der Waals surface area (Å²) >= 11 is 1.61. The van der Waals surface area contributed by atoms with Crippen LogP contribution in [0.25, 0.3) is 10.1 Å². The first kappa shape index (κ1) is 17.0. The molecular weight excluding hydrogens is 275 g/mol. The monoisotopic (exact) mass is 296 g/mol. The second-order valence-electron chi connectivity index (χ2n) is 5.42. The van der Waals surface area contributed by atoms with E-state index in [4.69, 9.17) is 14.8 Å². The van der Waals surface area contributed by atoms with Crippen LogP contribution in [-0.2, 0) is 0 Å². The minimum absolute atomic E-state index is 0.617. The van der Waals surface area contributed by atoms with Crippen LogP contribution in [0.3, 0.4) is 0 Å². The number of fused-ring (bicyclic) bond motifs is 1. The summed E-state index contributed by atoms with van der Waals surface area (Å²) in [5.74, 6) is 0. The molecule has 6 heteroatoms. The molecule has 0 atom stereocenters. The number of benzene rings is 1. The molecule has 0 radical (unpaired) electrons. The van der Waals surface area contributed by atoms with Gasteiger partial charge in [-0.15, -0.1) is 0 Å². The molecule has 110 valence electrons. The number of hydrogen-bond donors (Lipinski definition) is 3. The molecule has 0 saturated carbocycles. The summed E-state index contributed by atoms with van der Waals surface area (Å²) in [6, 6.07) is 10.2. The van der Waals surface area contributed by atoms with Crippen LogP contribution in [0.15, 0.2) is 30.3 Å². The Kier molecular flexibility index (Phi) is 5.59. The Labute approximate surface area is 124 Å². The predicted octanol–water partition coefficient (Wildman–Crippen LogP) is 2.07. The zero-order chi connectivity index (χ0) is 15.4. The lowest BCUT2D eigenvalue weighted by Crippen LogP contribution is -2.49. The van der Waals surface area contributed by atoms with E-state index in [-0.39, 0.29) is 0 Å². The standard InChI is InChI=1S/C14H18O2S.BH3O2/c1-13(2,15)14(3,4)16-12-9-10-7-5-6-8-11(10)17-12;2-1-3/h5-9,15H,1-4H3;1-3H. The summed E-state index contributed by atoms with van der Waals surface area (Å²) < 4.78 is 7.12. The Hall–Kier alpha value is -1.08. The van der Waals surface area contributed by atoms with Gasteiger partial charge in [0.1, 0.15) is 5.60 Å². The molecule has 2 rings (SSSR count). The lowest BCUT2D eigenvalue weighted by Gasteiger charge is -2.36. The molecule has 4 nitrogen and oxygen atoms in total. The summed E-state index contributed by atoms with van der Waals surface area (Å²) in [7, 11) is -0.750. The topological polar surface area (TPSA) is 69.9 Å². The smallest absolute Gasteiger partial charge is 0.432 e. The molecule has 3 N–H and O–H groups in total. The van der Waals surface area contributed by atoms with Crippen LogP contribution >= 0.6 is 11.3 Å². The van der Waals surface area contributed by atoms with Crippen molar-refractivity contribution in [1.29, 1.82) is 0 Å². The number of hydrogen-bond acceptors (Lipinski definition) is 5. The van der Waals surface area contributed by atoms with Crippen molar-refractivity contribution >= 4 is 29.1 Å². The highest BCUT2D eigenvalue weighted by Crippen LogP contribution is 2.36. The summed E-state index contributed by atoms with van der Waals surface area (Å²) in [6.45, 7) is 7.33. The van der Waals surface area contributed by atoms with Crippen molar-refractivity contribution in [2.75, 3.05) is 0 Å². The van der Waals surface area contributed by atoms with Crippen molar-refractivity contribution in [1.82, 2.24) is 0 Å². The van der Waals surface area contributed by atoms with Gasteiger partial charge in [-0.3, -0.25) is 0 Å². The van der Waals surface area contributed by atoms with Gasteiger partial charge >= 0.3 is 7.69 Å². The van der Waals surface area contributed by atoms with E-state index in [2.05, 4.69) is 12.1 Å². The normalized spacial score (nSPS) is 11.8. The van der Waals surface area contributed by atoms with E-state index >= 15 is 0 Å². The summed E-state index contributed by atoms with van der Waals surface area (Å²) in [4.78, 5) is 0. The molecule has 0 spiro atoms. The van der Waals surface area contributed by atoms with Crippen molar-refractivity contribution in [2.24, 2.45) is 0 Å². The molecule has 20 heavy (non-hydrogen) atoms.